The van der Waals surface area contributed by atoms with E-state index in [4.69, 9.17) is 14.2 Å². The normalized spacial score (nSPS) is 12.2. The summed E-state index contributed by atoms with van der Waals surface area (Å²) in [5.41, 5.74) is 6.42. The van der Waals surface area contributed by atoms with Crippen LogP contribution in [0.4, 0.5) is 10.7 Å². The highest BCUT2D eigenvalue weighted by atomic mass is 32.1. The van der Waals surface area contributed by atoms with Crippen molar-refractivity contribution in [3.05, 3.63) is 117 Å². The summed E-state index contributed by atoms with van der Waals surface area (Å²) >= 11 is 1.49. The van der Waals surface area contributed by atoms with Crippen molar-refractivity contribution in [1.82, 2.24) is 9.80 Å². The SMILES string of the molecule is CCOC(=O)CCC(=O)N(CCOC)CCN(Cc1cccc(C(=O)Nc2sc3c(c2C(=O)Nc2ccc(CCc4ccc(C(=O)OC)cc4)cc2)CCCC3)c1)C(CC)CC. The zero-order chi connectivity index (χ0) is 44.4. The largest absolute Gasteiger partial charge is 0.466 e. The lowest BCUT2D eigenvalue weighted by molar-refractivity contribution is -0.145. The van der Waals surface area contributed by atoms with Crippen LogP contribution in [0.2, 0.25) is 0 Å². The first kappa shape index (κ1) is 47.7. The summed E-state index contributed by atoms with van der Waals surface area (Å²) in [6.07, 6.45) is 7.22. The van der Waals surface area contributed by atoms with Gasteiger partial charge in [-0.3, -0.25) is 24.1 Å². The molecular formula is C49H62N4O8S. The first-order valence-electron chi connectivity index (χ1n) is 21.9. The van der Waals surface area contributed by atoms with Crippen molar-refractivity contribution in [2.24, 2.45) is 0 Å². The maximum Gasteiger partial charge on any atom is 0.337 e. The van der Waals surface area contributed by atoms with Crippen LogP contribution in [0.3, 0.4) is 0 Å². The molecule has 1 aliphatic carbocycles. The third-order valence-corrected chi connectivity index (χ3v) is 12.6. The third kappa shape index (κ3) is 13.6. The van der Waals surface area contributed by atoms with E-state index >= 15 is 0 Å². The van der Waals surface area contributed by atoms with Gasteiger partial charge >= 0.3 is 11.9 Å². The Hall–Kier alpha value is -5.37. The Labute approximate surface area is 370 Å². The number of amides is 3. The van der Waals surface area contributed by atoms with Crippen molar-refractivity contribution in [2.75, 3.05) is 57.7 Å². The van der Waals surface area contributed by atoms with Crippen molar-refractivity contribution in [2.45, 2.75) is 97.6 Å². The highest BCUT2D eigenvalue weighted by Gasteiger charge is 2.27. The Bertz CT molecular complexity index is 2110. The van der Waals surface area contributed by atoms with Gasteiger partial charge in [-0.1, -0.05) is 50.2 Å². The summed E-state index contributed by atoms with van der Waals surface area (Å²) in [6.45, 7) is 8.78. The van der Waals surface area contributed by atoms with E-state index in [1.54, 1.807) is 37.1 Å². The molecule has 0 unspecified atom stereocenters. The second kappa shape index (κ2) is 24.3. The molecule has 13 heteroatoms. The monoisotopic (exact) mass is 866 g/mol. The zero-order valence-corrected chi connectivity index (χ0v) is 37.7. The molecule has 3 aromatic carbocycles. The molecule has 0 radical (unpaired) electrons. The van der Waals surface area contributed by atoms with E-state index < -0.39 is 0 Å². The van der Waals surface area contributed by atoms with E-state index in [0.29, 0.717) is 60.2 Å². The number of carbonyl (C=O) groups excluding carboxylic acids is 5. The van der Waals surface area contributed by atoms with E-state index in [-0.39, 0.29) is 55.2 Å². The van der Waals surface area contributed by atoms with Gasteiger partial charge in [0, 0.05) is 61.9 Å². The average Bonchev–Trinajstić information content (AvgIpc) is 3.66. The maximum atomic E-state index is 14.0. The van der Waals surface area contributed by atoms with Gasteiger partial charge in [0.15, 0.2) is 0 Å². The molecule has 2 N–H and O–H groups in total. The number of thiophene rings is 1. The average molecular weight is 867 g/mol. The van der Waals surface area contributed by atoms with Crippen molar-refractivity contribution in [3.8, 4) is 0 Å². The molecule has 1 aliphatic rings. The minimum Gasteiger partial charge on any atom is -0.466 e. The molecule has 1 heterocycles. The number of anilines is 2. The Morgan fingerprint density at radius 3 is 2.10 bits per heavy atom. The molecule has 332 valence electrons. The van der Waals surface area contributed by atoms with Gasteiger partial charge in [-0.25, -0.2) is 4.79 Å². The highest BCUT2D eigenvalue weighted by molar-refractivity contribution is 7.17. The van der Waals surface area contributed by atoms with E-state index in [9.17, 15) is 24.0 Å². The smallest absolute Gasteiger partial charge is 0.337 e. The summed E-state index contributed by atoms with van der Waals surface area (Å²) in [5, 5.41) is 6.77. The molecule has 5 rings (SSSR count). The second-order valence-corrected chi connectivity index (χ2v) is 16.6. The summed E-state index contributed by atoms with van der Waals surface area (Å²) in [6, 6.07) is 23.1. The molecule has 0 fully saturated rings. The van der Waals surface area contributed by atoms with Crippen LogP contribution >= 0.6 is 11.3 Å². The molecule has 12 nitrogen and oxygen atoms in total. The molecule has 0 bridgehead atoms. The number of hydrogen-bond donors (Lipinski definition) is 2. The van der Waals surface area contributed by atoms with Gasteiger partial charge < -0.3 is 29.7 Å². The summed E-state index contributed by atoms with van der Waals surface area (Å²) < 4.78 is 15.1. The molecule has 0 saturated heterocycles. The summed E-state index contributed by atoms with van der Waals surface area (Å²) in [7, 11) is 2.97. The van der Waals surface area contributed by atoms with Gasteiger partial charge in [0.25, 0.3) is 11.8 Å². The minimum absolute atomic E-state index is 0.0376. The topological polar surface area (TPSA) is 144 Å². The molecular weight excluding hydrogens is 805 g/mol. The number of methoxy groups -OCH3 is 2. The molecule has 0 spiro atoms. The van der Waals surface area contributed by atoms with Crippen LogP contribution in [-0.2, 0) is 56.0 Å². The minimum atomic E-state index is -0.383. The number of nitrogens with zero attached hydrogens (tertiary/aromatic N) is 2. The Morgan fingerprint density at radius 2 is 1.44 bits per heavy atom. The zero-order valence-electron chi connectivity index (χ0n) is 36.9. The fourth-order valence-corrected chi connectivity index (χ4v) is 9.17. The van der Waals surface area contributed by atoms with Crippen LogP contribution in [0.5, 0.6) is 0 Å². The fourth-order valence-electron chi connectivity index (χ4n) is 7.89. The number of ether oxygens (including phenoxy) is 3. The van der Waals surface area contributed by atoms with Gasteiger partial charge in [0.2, 0.25) is 5.91 Å². The lowest BCUT2D eigenvalue weighted by Crippen LogP contribution is -2.43. The number of aryl methyl sites for hydroxylation is 3. The summed E-state index contributed by atoms with van der Waals surface area (Å²) in [5.74, 6) is -1.38. The standard InChI is InChI=1S/C49H62N4O8S/c1-6-40(7-2)53(29-28-52(30-31-59-4)43(54)26-27-44(55)61-8-3)33-36-12-11-13-38(32-36)46(56)51-48-45(41-14-9-10-15-42(41)62-48)47(57)50-39-24-20-35(21-25-39)17-16-34-18-22-37(23-19-34)49(58)60-5/h11-13,18-25,32,40H,6-10,14-17,26-31,33H2,1-5H3,(H,50,57)(H,51,56). The second-order valence-electron chi connectivity index (χ2n) is 15.5. The lowest BCUT2D eigenvalue weighted by Gasteiger charge is -2.33. The fraction of sp³-hybridized carbons (Fsp3) is 0.449. The number of nitrogens with one attached hydrogen (secondary N) is 2. The van der Waals surface area contributed by atoms with Crippen molar-refractivity contribution in [1.29, 1.82) is 0 Å². The molecule has 62 heavy (non-hydrogen) atoms. The first-order chi connectivity index (χ1) is 30.1. The molecule has 1 aromatic heterocycles. The van der Waals surface area contributed by atoms with Crippen LogP contribution in [0, 0.1) is 0 Å². The first-order valence-corrected chi connectivity index (χ1v) is 22.7. The predicted molar refractivity (Wildman–Crippen MR) is 244 cm³/mol. The van der Waals surface area contributed by atoms with Crippen LogP contribution < -0.4 is 10.6 Å². The Balaban J connectivity index is 1.25. The quantitative estimate of drug-likeness (QED) is 0.0702. The number of carbonyl (C=O) groups is 5. The van der Waals surface area contributed by atoms with Gasteiger partial charge in [-0.05, 0) is 117 Å². The third-order valence-electron chi connectivity index (χ3n) is 11.4. The van der Waals surface area contributed by atoms with Crippen LogP contribution in [0.25, 0.3) is 0 Å². The molecule has 0 aliphatic heterocycles. The molecule has 4 aromatic rings. The number of hydrogen-bond acceptors (Lipinski definition) is 10. The van der Waals surface area contributed by atoms with E-state index in [1.807, 2.05) is 54.6 Å². The van der Waals surface area contributed by atoms with Crippen LogP contribution in [0.1, 0.15) is 118 Å². The van der Waals surface area contributed by atoms with E-state index in [1.165, 1.54) is 18.4 Å². The maximum absolute atomic E-state index is 14.0. The van der Waals surface area contributed by atoms with Gasteiger partial charge in [-0.15, -0.1) is 11.3 Å². The van der Waals surface area contributed by atoms with Crippen molar-refractivity contribution >= 4 is 51.7 Å². The molecule has 3 amide bonds. The summed E-state index contributed by atoms with van der Waals surface area (Å²) in [4.78, 5) is 70.2. The number of fused-ring (bicyclic) bond motifs is 1. The number of benzene rings is 3. The van der Waals surface area contributed by atoms with E-state index in [2.05, 4.69) is 29.4 Å². The lowest BCUT2D eigenvalue weighted by atomic mass is 9.95. The van der Waals surface area contributed by atoms with Gasteiger partial charge in [-0.2, -0.15) is 0 Å². The van der Waals surface area contributed by atoms with Gasteiger partial charge in [0.05, 0.1) is 37.9 Å². The van der Waals surface area contributed by atoms with Crippen molar-refractivity contribution < 1.29 is 38.2 Å². The number of esters is 2. The highest BCUT2D eigenvalue weighted by Crippen LogP contribution is 2.39. The van der Waals surface area contributed by atoms with E-state index in [0.717, 1.165) is 78.5 Å². The number of rotatable bonds is 23. The van der Waals surface area contributed by atoms with Crippen LogP contribution in [0.15, 0.2) is 72.8 Å². The van der Waals surface area contributed by atoms with Crippen molar-refractivity contribution in [3.63, 3.8) is 0 Å². The Morgan fingerprint density at radius 1 is 0.742 bits per heavy atom. The van der Waals surface area contributed by atoms with Crippen LogP contribution in [-0.4, -0.2) is 92.6 Å². The molecule has 0 saturated carbocycles. The predicted octanol–water partition coefficient (Wildman–Crippen LogP) is 8.51. The Kier molecular flexibility index (Phi) is 18.7. The van der Waals surface area contributed by atoms with Gasteiger partial charge in [0.1, 0.15) is 5.00 Å². The molecule has 0 atom stereocenters.